The topological polar surface area (TPSA) is 12.0 Å². The molecule has 0 spiro atoms. The van der Waals surface area contributed by atoms with E-state index in [1.165, 1.54) is 24.6 Å². The second kappa shape index (κ2) is 5.09. The number of anilines is 1. The Balaban J connectivity index is 2.05. The van der Waals surface area contributed by atoms with Crippen LogP contribution in [-0.2, 0) is 0 Å². The van der Waals surface area contributed by atoms with Gasteiger partial charge in [-0.3, -0.25) is 0 Å². The van der Waals surface area contributed by atoms with Crippen molar-refractivity contribution in [2.24, 2.45) is 5.92 Å². The van der Waals surface area contributed by atoms with Crippen molar-refractivity contribution in [3.63, 3.8) is 0 Å². The Morgan fingerprint density at radius 3 is 2.75 bits per heavy atom. The molecule has 0 bridgehead atoms. The zero-order valence-electron chi connectivity index (χ0n) is 9.79. The first-order valence-corrected chi connectivity index (χ1v) is 7.07. The second-order valence-corrected chi connectivity index (χ2v) is 5.19. The van der Waals surface area contributed by atoms with E-state index in [2.05, 4.69) is 12.2 Å². The highest BCUT2D eigenvalue weighted by Crippen LogP contribution is 2.36. The first-order chi connectivity index (χ1) is 7.74. The third-order valence-corrected chi connectivity index (χ3v) is 3.91. The van der Waals surface area contributed by atoms with Crippen molar-refractivity contribution < 1.29 is 4.39 Å². The molecule has 0 amide bonds. The predicted octanol–water partition coefficient (Wildman–Crippen LogP) is 4.15. The van der Waals surface area contributed by atoms with Crippen LogP contribution in [0, 0.1) is 11.7 Å². The molecule has 0 aromatic heterocycles. The average molecular weight is 239 g/mol. The Morgan fingerprint density at radius 2 is 2.25 bits per heavy atom. The van der Waals surface area contributed by atoms with Crippen LogP contribution in [0.25, 0.3) is 0 Å². The lowest BCUT2D eigenvalue weighted by atomic mass is 10.1. The van der Waals surface area contributed by atoms with Crippen molar-refractivity contribution in [3.8, 4) is 0 Å². The Morgan fingerprint density at radius 1 is 1.50 bits per heavy atom. The Labute approximate surface area is 101 Å². The van der Waals surface area contributed by atoms with Gasteiger partial charge in [-0.1, -0.05) is 6.92 Å². The van der Waals surface area contributed by atoms with E-state index in [0.29, 0.717) is 10.9 Å². The van der Waals surface area contributed by atoms with Gasteiger partial charge in [-0.15, -0.1) is 11.8 Å². The van der Waals surface area contributed by atoms with Gasteiger partial charge in [0.05, 0.1) is 0 Å². The van der Waals surface area contributed by atoms with Crippen LogP contribution >= 0.6 is 11.8 Å². The highest BCUT2D eigenvalue weighted by Gasteiger charge is 2.29. The molecule has 1 atom stereocenters. The Hall–Kier alpha value is -0.700. The van der Waals surface area contributed by atoms with E-state index in [0.717, 1.165) is 18.0 Å². The lowest BCUT2D eigenvalue weighted by Gasteiger charge is -2.17. The number of hydrogen-bond acceptors (Lipinski definition) is 2. The van der Waals surface area contributed by atoms with Crippen molar-refractivity contribution >= 4 is 17.4 Å². The van der Waals surface area contributed by atoms with Gasteiger partial charge < -0.3 is 5.32 Å². The lowest BCUT2D eigenvalue weighted by Crippen LogP contribution is -2.20. The molecule has 0 aliphatic heterocycles. The largest absolute Gasteiger partial charge is 0.382 e. The van der Waals surface area contributed by atoms with Gasteiger partial charge in [0.15, 0.2) is 0 Å². The van der Waals surface area contributed by atoms with E-state index in [-0.39, 0.29) is 5.82 Å². The van der Waals surface area contributed by atoms with Crippen molar-refractivity contribution in [1.29, 1.82) is 0 Å². The van der Waals surface area contributed by atoms with Crippen molar-refractivity contribution in [1.82, 2.24) is 0 Å². The van der Waals surface area contributed by atoms with E-state index in [1.54, 1.807) is 6.07 Å². The molecule has 1 nitrogen and oxygen atoms in total. The molecule has 0 heterocycles. The van der Waals surface area contributed by atoms with Gasteiger partial charge >= 0.3 is 0 Å². The summed E-state index contributed by atoms with van der Waals surface area (Å²) in [5, 5.41) is 3.43. The SMILES string of the molecule is CCC(Nc1ccc(SC)c(F)c1)C1CC1. The summed E-state index contributed by atoms with van der Waals surface area (Å²) in [4.78, 5) is 0.713. The molecular weight excluding hydrogens is 221 g/mol. The lowest BCUT2D eigenvalue weighted by molar-refractivity contribution is 0.596. The number of benzene rings is 1. The number of rotatable bonds is 5. The normalized spacial score (nSPS) is 17.2. The summed E-state index contributed by atoms with van der Waals surface area (Å²) >= 11 is 1.44. The minimum absolute atomic E-state index is 0.122. The fourth-order valence-corrected chi connectivity index (χ4v) is 2.48. The highest BCUT2D eigenvalue weighted by atomic mass is 32.2. The zero-order valence-corrected chi connectivity index (χ0v) is 10.6. The van der Waals surface area contributed by atoms with E-state index in [4.69, 9.17) is 0 Å². The molecule has 88 valence electrons. The number of thioether (sulfide) groups is 1. The van der Waals surface area contributed by atoms with Crippen LogP contribution in [-0.4, -0.2) is 12.3 Å². The summed E-state index contributed by atoms with van der Waals surface area (Å²) in [6.45, 7) is 2.18. The number of nitrogens with one attached hydrogen (secondary N) is 1. The summed E-state index contributed by atoms with van der Waals surface area (Å²) in [6, 6.07) is 5.94. The number of hydrogen-bond donors (Lipinski definition) is 1. The molecule has 1 unspecified atom stereocenters. The maximum absolute atomic E-state index is 13.6. The highest BCUT2D eigenvalue weighted by molar-refractivity contribution is 7.98. The summed E-state index contributed by atoms with van der Waals surface area (Å²) < 4.78 is 13.6. The average Bonchev–Trinajstić information content (AvgIpc) is 3.10. The summed E-state index contributed by atoms with van der Waals surface area (Å²) in [7, 11) is 0. The molecule has 3 heteroatoms. The van der Waals surface area contributed by atoms with Crippen molar-refractivity contribution in [2.75, 3.05) is 11.6 Å². The number of halogens is 1. The van der Waals surface area contributed by atoms with Crippen molar-refractivity contribution in [3.05, 3.63) is 24.0 Å². The van der Waals surface area contributed by atoms with Crippen LogP contribution < -0.4 is 5.32 Å². The molecule has 0 saturated heterocycles. The van der Waals surface area contributed by atoms with Gasteiger partial charge in [0.2, 0.25) is 0 Å². The third kappa shape index (κ3) is 2.70. The third-order valence-electron chi connectivity index (χ3n) is 3.13. The van der Waals surface area contributed by atoms with Gasteiger partial charge in [-0.05, 0) is 49.6 Å². The first-order valence-electron chi connectivity index (χ1n) is 5.84. The van der Waals surface area contributed by atoms with Gasteiger partial charge in [-0.2, -0.15) is 0 Å². The summed E-state index contributed by atoms with van der Waals surface area (Å²) in [5.74, 6) is 0.677. The van der Waals surface area contributed by atoms with Gasteiger partial charge in [0.25, 0.3) is 0 Å². The molecule has 1 fully saturated rings. The van der Waals surface area contributed by atoms with E-state index in [9.17, 15) is 4.39 Å². The van der Waals surface area contributed by atoms with Crippen LogP contribution in [0.2, 0.25) is 0 Å². The molecule has 0 radical (unpaired) electrons. The molecule has 1 saturated carbocycles. The Kier molecular flexibility index (Phi) is 3.74. The maximum Gasteiger partial charge on any atom is 0.138 e. The van der Waals surface area contributed by atoms with Crippen LogP contribution in [0.3, 0.4) is 0 Å². The molecule has 1 aromatic carbocycles. The fraction of sp³-hybridized carbons (Fsp3) is 0.538. The van der Waals surface area contributed by atoms with Gasteiger partial charge in [0.1, 0.15) is 5.82 Å². The molecule has 1 aromatic rings. The van der Waals surface area contributed by atoms with E-state index < -0.39 is 0 Å². The summed E-state index contributed by atoms with van der Waals surface area (Å²) in [6.07, 6.45) is 5.63. The van der Waals surface area contributed by atoms with E-state index in [1.807, 2.05) is 18.4 Å². The van der Waals surface area contributed by atoms with Crippen molar-refractivity contribution in [2.45, 2.75) is 37.1 Å². The van der Waals surface area contributed by atoms with Crippen LogP contribution in [0.1, 0.15) is 26.2 Å². The minimum Gasteiger partial charge on any atom is -0.382 e. The first kappa shape index (κ1) is 11.8. The molecule has 1 aliphatic rings. The van der Waals surface area contributed by atoms with Gasteiger partial charge in [0, 0.05) is 16.6 Å². The van der Waals surface area contributed by atoms with Crippen LogP contribution in [0.15, 0.2) is 23.1 Å². The molecular formula is C13H18FNS. The summed E-state index contributed by atoms with van der Waals surface area (Å²) in [5.41, 5.74) is 0.911. The second-order valence-electron chi connectivity index (χ2n) is 4.35. The quantitative estimate of drug-likeness (QED) is 0.775. The standard InChI is InChI=1S/C13H18FNS/c1-3-12(9-4-5-9)15-10-6-7-13(16-2)11(14)8-10/h6-9,12,15H,3-5H2,1-2H3. The molecule has 16 heavy (non-hydrogen) atoms. The zero-order chi connectivity index (χ0) is 11.5. The molecule has 1 aliphatic carbocycles. The van der Waals surface area contributed by atoms with Crippen LogP contribution in [0.4, 0.5) is 10.1 Å². The Bertz CT molecular complexity index is 363. The minimum atomic E-state index is -0.122. The smallest absolute Gasteiger partial charge is 0.138 e. The monoisotopic (exact) mass is 239 g/mol. The molecule has 2 rings (SSSR count). The maximum atomic E-state index is 13.6. The van der Waals surface area contributed by atoms with Gasteiger partial charge in [-0.25, -0.2) is 4.39 Å². The predicted molar refractivity (Wildman–Crippen MR) is 68.6 cm³/mol. The van der Waals surface area contributed by atoms with E-state index >= 15 is 0 Å². The fourth-order valence-electron chi connectivity index (χ4n) is 2.02. The molecule has 1 N–H and O–H groups in total. The van der Waals surface area contributed by atoms with Crippen LogP contribution in [0.5, 0.6) is 0 Å².